The molecule has 0 saturated carbocycles. The fourth-order valence-electron chi connectivity index (χ4n) is 0.122. The van der Waals surface area contributed by atoms with Crippen molar-refractivity contribution in [1.29, 1.82) is 0 Å². The van der Waals surface area contributed by atoms with Gasteiger partial charge in [0.2, 0.25) is 0 Å². The maximum Gasteiger partial charge on any atom is 0.340 e. The highest BCUT2D eigenvalue weighted by Gasteiger charge is 1.81. The minimum Gasteiger partial charge on any atom is -0.591 e. The molecule has 0 rings (SSSR count). The minimum atomic E-state index is -2.28. The normalized spacial score (nSPS) is 12.7. The van der Waals surface area contributed by atoms with Crippen LogP contribution in [0.3, 0.4) is 0 Å². The topological polar surface area (TPSA) is 40.1 Å². The molecule has 0 aromatic rings. The zero-order valence-corrected chi connectivity index (χ0v) is 4.31. The highest BCUT2D eigenvalue weighted by molar-refractivity contribution is 7.40. The fraction of sp³-hybridized carbons (Fsp3) is 0.333. The number of hydrogen-bond donors (Lipinski definition) is 0. The third-order valence-electron chi connectivity index (χ3n) is 0.271. The Kier molecular flexibility index (Phi) is 2.91. The van der Waals surface area contributed by atoms with Crippen molar-refractivity contribution in [2.24, 2.45) is 0 Å². The first kappa shape index (κ1) is 5.80. The number of allylic oxidation sites excluding steroid dienone is 1. The smallest absolute Gasteiger partial charge is 0.340 e. The Balaban J connectivity index is 3.30. The summed E-state index contributed by atoms with van der Waals surface area (Å²) in [5, 5.41) is 0. The Morgan fingerprint density at radius 1 is 1.83 bits per heavy atom. The second-order valence-electron chi connectivity index (χ2n) is 0.768. The average molecular weight is 104 g/mol. The zero-order chi connectivity index (χ0) is 4.99. The van der Waals surface area contributed by atoms with Gasteiger partial charge in [0.1, 0.15) is 5.82 Å². The third kappa shape index (κ3) is 3.80. The van der Waals surface area contributed by atoms with E-state index in [9.17, 15) is 9.46 Å². The first-order valence-corrected chi connectivity index (χ1v) is 2.78. The summed E-state index contributed by atoms with van der Waals surface area (Å²) in [7, 11) is -2.28. The first-order chi connectivity index (χ1) is 2.77. The molecule has 6 heavy (non-hydrogen) atoms. The molecule has 0 aliphatic carbocycles. The van der Waals surface area contributed by atoms with Gasteiger partial charge < -0.3 is 4.89 Å². The van der Waals surface area contributed by atoms with Gasteiger partial charge in [-0.1, -0.05) is 4.57 Å². The second kappa shape index (κ2) is 3.01. The van der Waals surface area contributed by atoms with E-state index in [4.69, 9.17) is 0 Å². The lowest BCUT2D eigenvalue weighted by molar-refractivity contribution is -0.161. The standard InChI is InChI=1S/C3H5O2P/c1-2-3-6(4)5/h2-3H,1H3/b3-2+. The van der Waals surface area contributed by atoms with Gasteiger partial charge in [0.25, 0.3) is 0 Å². The molecule has 0 fully saturated rings. The van der Waals surface area contributed by atoms with Crippen LogP contribution in [-0.4, -0.2) is 0 Å². The van der Waals surface area contributed by atoms with Crippen LogP contribution in [-0.2, 0) is 4.57 Å². The van der Waals surface area contributed by atoms with Crippen LogP contribution < -0.4 is 4.89 Å². The van der Waals surface area contributed by atoms with Crippen LogP contribution in [0.5, 0.6) is 0 Å². The molecule has 1 atom stereocenters. The van der Waals surface area contributed by atoms with Gasteiger partial charge in [0.05, 0.1) is 0 Å². The van der Waals surface area contributed by atoms with Crippen LogP contribution in [0.4, 0.5) is 0 Å². The van der Waals surface area contributed by atoms with E-state index in [1.54, 1.807) is 6.92 Å². The molecular weight excluding hydrogens is 99.0 g/mol. The predicted octanol–water partition coefficient (Wildman–Crippen LogP) is 0.623. The molecule has 1 unspecified atom stereocenters. The maximum absolute atomic E-state index is 9.55. The summed E-state index contributed by atoms with van der Waals surface area (Å²) in [6.45, 7) is 1.66. The summed E-state index contributed by atoms with van der Waals surface area (Å²) in [4.78, 5) is 9.55. The molecule has 0 heterocycles. The van der Waals surface area contributed by atoms with Crippen LogP contribution in [0, 0.1) is 0 Å². The van der Waals surface area contributed by atoms with Gasteiger partial charge in [-0.25, -0.2) is 0 Å². The molecule has 0 aromatic heterocycles. The van der Waals surface area contributed by atoms with E-state index in [2.05, 4.69) is 0 Å². The fourth-order valence-corrected chi connectivity index (χ4v) is 0.365. The van der Waals surface area contributed by atoms with Crippen molar-refractivity contribution >= 4 is 8.03 Å². The van der Waals surface area contributed by atoms with Crippen molar-refractivity contribution in [1.82, 2.24) is 0 Å². The molecule has 0 N–H and O–H groups in total. The number of rotatable bonds is 1. The molecule has 0 bridgehead atoms. The van der Waals surface area contributed by atoms with Crippen LogP contribution in [0.15, 0.2) is 11.9 Å². The maximum atomic E-state index is 9.55. The highest BCUT2D eigenvalue weighted by atomic mass is 31.1. The highest BCUT2D eigenvalue weighted by Crippen LogP contribution is 2.05. The van der Waals surface area contributed by atoms with E-state index in [0.29, 0.717) is 0 Å². The van der Waals surface area contributed by atoms with Gasteiger partial charge in [-0.05, 0) is 13.0 Å². The molecule has 0 saturated heterocycles. The molecule has 0 amide bonds. The van der Waals surface area contributed by atoms with Gasteiger partial charge in [-0.15, -0.1) is 0 Å². The van der Waals surface area contributed by atoms with Crippen molar-refractivity contribution in [3.63, 3.8) is 0 Å². The predicted molar refractivity (Wildman–Crippen MR) is 22.4 cm³/mol. The summed E-state index contributed by atoms with van der Waals surface area (Å²) < 4.78 is 9.55. The molecule has 2 nitrogen and oxygen atoms in total. The van der Waals surface area contributed by atoms with Gasteiger partial charge in [-0.2, -0.15) is 0 Å². The van der Waals surface area contributed by atoms with Crippen LogP contribution in [0.25, 0.3) is 0 Å². The lowest BCUT2D eigenvalue weighted by atomic mass is 10.8. The summed E-state index contributed by atoms with van der Waals surface area (Å²) in [5.41, 5.74) is 0. The van der Waals surface area contributed by atoms with E-state index >= 15 is 0 Å². The van der Waals surface area contributed by atoms with Gasteiger partial charge >= 0.3 is 8.03 Å². The molecule has 0 radical (unpaired) electrons. The molecular formula is C3H5O2P. The Hall–Kier alpha value is -0.200. The first-order valence-electron chi connectivity index (χ1n) is 1.53. The quantitative estimate of drug-likeness (QED) is 0.457. The third-order valence-corrected chi connectivity index (χ3v) is 0.812. The van der Waals surface area contributed by atoms with Gasteiger partial charge in [-0.3, -0.25) is 0 Å². The Morgan fingerprint density at radius 2 is 2.33 bits per heavy atom. The van der Waals surface area contributed by atoms with E-state index in [-0.39, 0.29) is 0 Å². The van der Waals surface area contributed by atoms with E-state index in [1.807, 2.05) is 0 Å². The van der Waals surface area contributed by atoms with Crippen molar-refractivity contribution in [2.45, 2.75) is 6.92 Å². The van der Waals surface area contributed by atoms with Crippen LogP contribution in [0.1, 0.15) is 6.92 Å². The Bertz CT molecular complexity index is 76.9. The monoisotopic (exact) mass is 104 g/mol. The number of hydrogen-bond acceptors (Lipinski definition) is 2. The molecule has 0 aromatic carbocycles. The molecule has 3 heteroatoms. The van der Waals surface area contributed by atoms with Crippen molar-refractivity contribution in [3.05, 3.63) is 11.9 Å². The zero-order valence-electron chi connectivity index (χ0n) is 3.42. The summed E-state index contributed by atoms with van der Waals surface area (Å²) in [5.74, 6) is 1.12. The summed E-state index contributed by atoms with van der Waals surface area (Å²) in [6.07, 6.45) is 1.48. The Morgan fingerprint density at radius 3 is 2.33 bits per heavy atom. The van der Waals surface area contributed by atoms with E-state index in [0.717, 1.165) is 5.82 Å². The molecule has 0 aliphatic heterocycles. The lowest BCUT2D eigenvalue weighted by Crippen LogP contribution is -1.78. The summed E-state index contributed by atoms with van der Waals surface area (Å²) in [6, 6.07) is 0. The lowest BCUT2D eigenvalue weighted by Gasteiger charge is -1.66. The largest absolute Gasteiger partial charge is 0.591 e. The average Bonchev–Trinajstić information content (AvgIpc) is 1.35. The van der Waals surface area contributed by atoms with Crippen molar-refractivity contribution < 1.29 is 9.46 Å². The molecule has 34 valence electrons. The molecule has 0 spiro atoms. The van der Waals surface area contributed by atoms with Crippen LogP contribution >= 0.6 is 8.03 Å². The van der Waals surface area contributed by atoms with Gasteiger partial charge in [0, 0.05) is 0 Å². The summed E-state index contributed by atoms with van der Waals surface area (Å²) >= 11 is 0. The second-order valence-corrected chi connectivity index (χ2v) is 1.64. The minimum absolute atomic E-state index is 1.12. The Labute approximate surface area is 37.4 Å². The van der Waals surface area contributed by atoms with Crippen molar-refractivity contribution in [2.75, 3.05) is 0 Å². The molecule has 0 aliphatic rings. The van der Waals surface area contributed by atoms with Crippen molar-refractivity contribution in [3.8, 4) is 0 Å². The van der Waals surface area contributed by atoms with Gasteiger partial charge in [0.15, 0.2) is 0 Å². The van der Waals surface area contributed by atoms with Crippen LogP contribution in [0.2, 0.25) is 0 Å². The van der Waals surface area contributed by atoms with E-state index < -0.39 is 8.03 Å². The van der Waals surface area contributed by atoms with E-state index in [1.165, 1.54) is 6.08 Å². The SMILES string of the molecule is C/C=C/[P+](=O)[O-].